The van der Waals surface area contributed by atoms with Crippen LogP contribution >= 0.6 is 0 Å². The predicted molar refractivity (Wildman–Crippen MR) is 289 cm³/mol. The van der Waals surface area contributed by atoms with Gasteiger partial charge in [-0.1, -0.05) is 283 Å². The zero-order valence-corrected chi connectivity index (χ0v) is 45.2. The summed E-state index contributed by atoms with van der Waals surface area (Å²) >= 11 is 0. The summed E-state index contributed by atoms with van der Waals surface area (Å²) in [6.07, 6.45) is 66.0. The molecule has 0 aromatic heterocycles. The largest absolute Gasteiger partial charge is 0.462 e. The Kier molecular flexibility index (Phi) is 54.7. The van der Waals surface area contributed by atoms with Crippen LogP contribution in [0.25, 0.3) is 0 Å². The molecule has 0 fully saturated rings. The second kappa shape index (κ2) is 56.5. The maximum atomic E-state index is 12.8. The Labute approximate surface area is 417 Å². The molecule has 0 heterocycles. The molecule has 0 bridgehead atoms. The van der Waals surface area contributed by atoms with Crippen molar-refractivity contribution in [3.63, 3.8) is 0 Å². The molecule has 0 amide bonds. The van der Waals surface area contributed by atoms with Crippen molar-refractivity contribution in [2.24, 2.45) is 0 Å². The fraction of sp³-hybridized carbons (Fsp3) is 0.885. The van der Waals surface area contributed by atoms with Gasteiger partial charge < -0.3 is 14.2 Å². The summed E-state index contributed by atoms with van der Waals surface area (Å²) in [5.41, 5.74) is 0. The zero-order chi connectivity index (χ0) is 48.6. The molecular weight excluding hydrogens is 829 g/mol. The Bertz CT molecular complexity index is 1080. The Hall–Kier alpha value is -2.11. The maximum Gasteiger partial charge on any atom is 0.306 e. The number of hydrogen-bond acceptors (Lipinski definition) is 6. The Morgan fingerprint density at radius 3 is 0.821 bits per heavy atom. The van der Waals surface area contributed by atoms with Gasteiger partial charge in [-0.25, -0.2) is 0 Å². The van der Waals surface area contributed by atoms with Crippen LogP contribution in [0.1, 0.15) is 329 Å². The third-order valence-electron chi connectivity index (χ3n) is 13.5. The van der Waals surface area contributed by atoms with Gasteiger partial charge in [0, 0.05) is 19.3 Å². The van der Waals surface area contributed by atoms with E-state index in [2.05, 4.69) is 45.1 Å². The lowest BCUT2D eigenvalue weighted by molar-refractivity contribution is -0.167. The second-order valence-electron chi connectivity index (χ2n) is 20.3. The smallest absolute Gasteiger partial charge is 0.306 e. The molecule has 0 saturated carbocycles. The van der Waals surface area contributed by atoms with Gasteiger partial charge >= 0.3 is 17.9 Å². The Morgan fingerprint density at radius 1 is 0.299 bits per heavy atom. The van der Waals surface area contributed by atoms with Crippen LogP contribution in [0.15, 0.2) is 24.3 Å². The molecule has 0 aromatic rings. The van der Waals surface area contributed by atoms with Gasteiger partial charge in [0.25, 0.3) is 0 Å². The monoisotopic (exact) mass is 943 g/mol. The van der Waals surface area contributed by atoms with Gasteiger partial charge in [0.2, 0.25) is 0 Å². The quantitative estimate of drug-likeness (QED) is 0.0262. The van der Waals surface area contributed by atoms with Crippen molar-refractivity contribution >= 4 is 17.9 Å². The summed E-state index contributed by atoms with van der Waals surface area (Å²) in [7, 11) is 0. The highest BCUT2D eigenvalue weighted by molar-refractivity contribution is 5.71. The maximum absolute atomic E-state index is 12.8. The first kappa shape index (κ1) is 64.9. The van der Waals surface area contributed by atoms with E-state index in [1.807, 2.05) is 0 Å². The number of allylic oxidation sites excluding steroid dienone is 4. The molecule has 0 radical (unpaired) electrons. The first-order valence-corrected chi connectivity index (χ1v) is 29.8. The zero-order valence-electron chi connectivity index (χ0n) is 45.2. The van der Waals surface area contributed by atoms with Crippen molar-refractivity contribution in [3.05, 3.63) is 24.3 Å². The van der Waals surface area contributed by atoms with Crippen LogP contribution in [0.2, 0.25) is 0 Å². The Morgan fingerprint density at radius 2 is 0.537 bits per heavy atom. The van der Waals surface area contributed by atoms with Crippen LogP contribution in [0.3, 0.4) is 0 Å². The molecule has 0 N–H and O–H groups in total. The topological polar surface area (TPSA) is 78.9 Å². The van der Waals surface area contributed by atoms with E-state index < -0.39 is 6.10 Å². The average molecular weight is 944 g/mol. The van der Waals surface area contributed by atoms with Gasteiger partial charge in [0.15, 0.2) is 6.10 Å². The lowest BCUT2D eigenvalue weighted by Crippen LogP contribution is -2.30. The summed E-state index contributed by atoms with van der Waals surface area (Å²) in [6, 6.07) is 0. The number of carbonyl (C=O) groups is 3. The fourth-order valence-corrected chi connectivity index (χ4v) is 8.95. The highest BCUT2D eigenvalue weighted by Gasteiger charge is 2.19. The van der Waals surface area contributed by atoms with Gasteiger partial charge in [-0.2, -0.15) is 0 Å². The summed E-state index contributed by atoms with van der Waals surface area (Å²) in [5, 5.41) is 0. The third kappa shape index (κ3) is 54.7. The molecule has 0 rings (SSSR count). The first-order valence-electron chi connectivity index (χ1n) is 29.8. The minimum Gasteiger partial charge on any atom is -0.462 e. The highest BCUT2D eigenvalue weighted by atomic mass is 16.6. The second-order valence-corrected chi connectivity index (χ2v) is 20.3. The van der Waals surface area contributed by atoms with Gasteiger partial charge in [-0.05, 0) is 51.4 Å². The standard InChI is InChI=1S/C61H114O6/c1-4-7-10-13-16-19-22-24-26-27-28-29-30-31-32-33-35-36-39-42-45-48-51-54-60(63)66-57-58(56-65-59(62)53-50-47-44-41-38-21-18-15-12-9-6-3)67-61(64)55-52-49-46-43-40-37-34-25-23-20-17-14-11-8-5-2/h22,24,27-28,58H,4-21,23,25-26,29-57H2,1-3H3/b24-22-,28-27-. The van der Waals surface area contributed by atoms with Gasteiger partial charge in [0.1, 0.15) is 13.2 Å². The normalized spacial score (nSPS) is 12.1. The molecule has 394 valence electrons. The van der Waals surface area contributed by atoms with E-state index in [0.717, 1.165) is 64.2 Å². The summed E-state index contributed by atoms with van der Waals surface area (Å²) in [4.78, 5) is 38.1. The molecule has 1 unspecified atom stereocenters. The van der Waals surface area contributed by atoms with Crippen LogP contribution in [0.5, 0.6) is 0 Å². The van der Waals surface area contributed by atoms with Crippen molar-refractivity contribution < 1.29 is 28.6 Å². The predicted octanol–water partition coefficient (Wildman–Crippen LogP) is 19.9. The fourth-order valence-electron chi connectivity index (χ4n) is 8.95. The molecule has 0 aliphatic heterocycles. The van der Waals surface area contributed by atoms with Gasteiger partial charge in [-0.3, -0.25) is 14.4 Å². The number of hydrogen-bond donors (Lipinski definition) is 0. The lowest BCUT2D eigenvalue weighted by atomic mass is 10.0. The van der Waals surface area contributed by atoms with Crippen LogP contribution in [-0.4, -0.2) is 37.2 Å². The molecule has 1 atom stereocenters. The van der Waals surface area contributed by atoms with E-state index in [9.17, 15) is 14.4 Å². The first-order chi connectivity index (χ1) is 33.0. The number of carbonyl (C=O) groups excluding carboxylic acids is 3. The molecule has 67 heavy (non-hydrogen) atoms. The summed E-state index contributed by atoms with van der Waals surface area (Å²) in [6.45, 7) is 6.67. The molecule has 6 heteroatoms. The minimum absolute atomic E-state index is 0.0659. The Balaban J connectivity index is 4.23. The van der Waals surface area contributed by atoms with Gasteiger partial charge in [-0.15, -0.1) is 0 Å². The van der Waals surface area contributed by atoms with Crippen LogP contribution < -0.4 is 0 Å². The molecular formula is C61H114O6. The van der Waals surface area contributed by atoms with Crippen LogP contribution in [0, 0.1) is 0 Å². The van der Waals surface area contributed by atoms with Crippen LogP contribution in [-0.2, 0) is 28.6 Å². The number of rotatable bonds is 55. The molecule has 0 saturated heterocycles. The highest BCUT2D eigenvalue weighted by Crippen LogP contribution is 2.17. The van der Waals surface area contributed by atoms with Crippen molar-refractivity contribution in [2.45, 2.75) is 335 Å². The van der Waals surface area contributed by atoms with E-state index >= 15 is 0 Å². The summed E-state index contributed by atoms with van der Waals surface area (Å²) in [5.74, 6) is -0.847. The molecule has 0 aliphatic rings. The van der Waals surface area contributed by atoms with Gasteiger partial charge in [0.05, 0.1) is 0 Å². The molecule has 0 aromatic carbocycles. The van der Waals surface area contributed by atoms with Crippen molar-refractivity contribution in [1.29, 1.82) is 0 Å². The van der Waals surface area contributed by atoms with E-state index in [-0.39, 0.29) is 31.1 Å². The van der Waals surface area contributed by atoms with E-state index in [4.69, 9.17) is 14.2 Å². The minimum atomic E-state index is -0.766. The van der Waals surface area contributed by atoms with E-state index in [0.29, 0.717) is 19.3 Å². The number of ether oxygens (including phenoxy) is 3. The number of esters is 3. The van der Waals surface area contributed by atoms with E-state index in [1.54, 1.807) is 0 Å². The average Bonchev–Trinajstić information content (AvgIpc) is 3.33. The lowest BCUT2D eigenvalue weighted by Gasteiger charge is -2.18. The third-order valence-corrected chi connectivity index (χ3v) is 13.5. The molecule has 6 nitrogen and oxygen atoms in total. The van der Waals surface area contributed by atoms with Crippen molar-refractivity contribution in [2.75, 3.05) is 13.2 Å². The van der Waals surface area contributed by atoms with E-state index in [1.165, 1.54) is 225 Å². The number of unbranched alkanes of at least 4 members (excludes halogenated alkanes) is 40. The summed E-state index contributed by atoms with van der Waals surface area (Å²) < 4.78 is 16.9. The molecule has 0 aliphatic carbocycles. The molecule has 0 spiro atoms. The van der Waals surface area contributed by atoms with Crippen molar-refractivity contribution in [1.82, 2.24) is 0 Å². The SMILES string of the molecule is CCCCCCC/C=C\C/C=C\CCCCCCCCCCCCCC(=O)OCC(COC(=O)CCCCCCCCCCCCC)OC(=O)CCCCCCCCCCCCCCCCC. The van der Waals surface area contributed by atoms with Crippen molar-refractivity contribution in [3.8, 4) is 0 Å². The van der Waals surface area contributed by atoms with Crippen LogP contribution in [0.4, 0.5) is 0 Å².